The number of aliphatic hydroxyl groups excluding tert-OH is 2. The van der Waals surface area contributed by atoms with E-state index in [0.29, 0.717) is 46.8 Å². The highest BCUT2D eigenvalue weighted by molar-refractivity contribution is 5.09. The molecule has 0 aliphatic heterocycles. The van der Waals surface area contributed by atoms with Gasteiger partial charge in [0.2, 0.25) is 0 Å². The Morgan fingerprint density at radius 3 is 2.34 bits per heavy atom. The van der Waals surface area contributed by atoms with Gasteiger partial charge in [0.15, 0.2) is 0 Å². The van der Waals surface area contributed by atoms with Crippen LogP contribution in [0.5, 0.6) is 0 Å². The second-order valence-electron chi connectivity index (χ2n) is 13.0. The van der Waals surface area contributed by atoms with E-state index in [1.54, 1.807) is 0 Å². The van der Waals surface area contributed by atoms with Gasteiger partial charge in [-0.05, 0) is 97.2 Å². The zero-order valence-electron chi connectivity index (χ0n) is 24.1. The molecule has 0 bridgehead atoms. The largest absolute Gasteiger partial charge is 0.400 e. The Balaban J connectivity index is 0.00000210. The van der Waals surface area contributed by atoms with Crippen LogP contribution in [0.3, 0.4) is 0 Å². The van der Waals surface area contributed by atoms with E-state index in [4.69, 9.17) is 5.11 Å². The maximum Gasteiger partial charge on any atom is 0.0627 e. The number of nitrogens with zero attached hydrogens (tertiary/aromatic N) is 1. The zero-order chi connectivity index (χ0) is 26.2. The Morgan fingerprint density at radius 1 is 0.971 bits per heavy atom. The topological polar surface area (TPSA) is 64.2 Å². The first-order valence-electron chi connectivity index (χ1n) is 14.9. The fourth-order valence-corrected chi connectivity index (χ4v) is 8.75. The zero-order valence-corrected chi connectivity index (χ0v) is 24.1. The highest BCUT2D eigenvalue weighted by atomic mass is 16.3. The van der Waals surface area contributed by atoms with E-state index in [0.717, 1.165) is 20.0 Å². The molecule has 0 heterocycles. The molecular formula is C32H57NO2. The van der Waals surface area contributed by atoms with Crippen LogP contribution in [0.25, 0.3) is 0 Å². The van der Waals surface area contributed by atoms with Crippen LogP contribution in [-0.4, -0.2) is 23.4 Å². The summed E-state index contributed by atoms with van der Waals surface area (Å²) in [6.07, 6.45) is 19.1. The van der Waals surface area contributed by atoms with Crippen molar-refractivity contribution in [3.05, 3.63) is 12.2 Å². The van der Waals surface area contributed by atoms with Crippen LogP contribution in [-0.2, 0) is 0 Å². The van der Waals surface area contributed by atoms with Crippen molar-refractivity contribution in [1.82, 2.24) is 0 Å². The molecule has 9 unspecified atom stereocenters. The van der Waals surface area contributed by atoms with Crippen molar-refractivity contribution in [3.63, 3.8) is 0 Å². The number of fused-ring (bicyclic) bond motifs is 1. The number of allylic oxidation sites excluding steroid dienone is 2. The fourth-order valence-electron chi connectivity index (χ4n) is 8.75. The van der Waals surface area contributed by atoms with Crippen molar-refractivity contribution < 1.29 is 10.2 Å². The summed E-state index contributed by atoms with van der Waals surface area (Å²) in [6.45, 7) is 14.7. The molecule has 3 aliphatic carbocycles. The van der Waals surface area contributed by atoms with Gasteiger partial charge in [-0.3, -0.25) is 0 Å². The lowest BCUT2D eigenvalue weighted by molar-refractivity contribution is -0.0847. The number of hydrogen-bond donors (Lipinski definition) is 2. The standard InChI is InChI=1S/C31H53NO.CH4O/c1-7-8-12-28-25(5)29(33)16-18-30(28,6)27-14-9-13-26-23(3)11-10-17-31(26,20-21-32)19-15-22(2)24(27)4;1-2/h9,13,22-29,33H,7-8,10-12,14-20H2,1-6H3;2H,1H3/b13-9+;/t22-,23?,24?,25?,26?,27?,28?,29?,30?,31?;/m1./s1. The molecule has 3 aliphatic rings. The quantitative estimate of drug-likeness (QED) is 0.384. The minimum absolute atomic E-state index is 0.127. The van der Waals surface area contributed by atoms with Crippen LogP contribution in [0.1, 0.15) is 119 Å². The van der Waals surface area contributed by atoms with Crippen molar-refractivity contribution in [1.29, 1.82) is 5.26 Å². The summed E-state index contributed by atoms with van der Waals surface area (Å²) in [6, 6.07) is 2.60. The summed E-state index contributed by atoms with van der Waals surface area (Å²) in [7, 11) is 1.00. The monoisotopic (exact) mass is 487 g/mol. The van der Waals surface area contributed by atoms with Crippen LogP contribution in [0.2, 0.25) is 0 Å². The van der Waals surface area contributed by atoms with Gasteiger partial charge in [0.1, 0.15) is 0 Å². The molecule has 2 N–H and O–H groups in total. The molecular weight excluding hydrogens is 430 g/mol. The molecule has 35 heavy (non-hydrogen) atoms. The van der Waals surface area contributed by atoms with Gasteiger partial charge in [0, 0.05) is 13.5 Å². The lowest BCUT2D eigenvalue weighted by Crippen LogP contribution is -2.49. The lowest BCUT2D eigenvalue weighted by atomic mass is 9.51. The average Bonchev–Trinajstić information content (AvgIpc) is 2.85. The molecule has 0 spiro atoms. The smallest absolute Gasteiger partial charge is 0.0627 e. The van der Waals surface area contributed by atoms with E-state index < -0.39 is 0 Å². The first-order chi connectivity index (χ1) is 16.7. The summed E-state index contributed by atoms with van der Waals surface area (Å²) in [5.41, 5.74) is 0.494. The Labute approximate surface area is 217 Å². The van der Waals surface area contributed by atoms with E-state index in [9.17, 15) is 10.4 Å². The molecule has 0 aromatic carbocycles. The average molecular weight is 488 g/mol. The summed E-state index contributed by atoms with van der Waals surface area (Å²) < 4.78 is 0. The maximum atomic E-state index is 10.8. The number of hydrogen-bond acceptors (Lipinski definition) is 3. The predicted octanol–water partition coefficient (Wildman–Crippen LogP) is 8.16. The second kappa shape index (κ2) is 13.6. The number of aliphatic hydroxyl groups is 2. The van der Waals surface area contributed by atoms with Crippen LogP contribution < -0.4 is 0 Å². The summed E-state index contributed by atoms with van der Waals surface area (Å²) in [5, 5.41) is 27.5. The molecule has 0 aromatic rings. The van der Waals surface area contributed by atoms with E-state index in [1.807, 2.05) is 0 Å². The molecule has 0 radical (unpaired) electrons. The molecule has 3 rings (SSSR count). The van der Waals surface area contributed by atoms with Crippen molar-refractivity contribution in [2.75, 3.05) is 7.11 Å². The molecule has 0 aromatic heterocycles. The number of rotatable bonds is 5. The van der Waals surface area contributed by atoms with Gasteiger partial charge in [0.25, 0.3) is 0 Å². The van der Waals surface area contributed by atoms with Crippen LogP contribution >= 0.6 is 0 Å². The molecule has 2 fully saturated rings. The number of nitriles is 1. The van der Waals surface area contributed by atoms with Gasteiger partial charge < -0.3 is 10.2 Å². The van der Waals surface area contributed by atoms with E-state index in [2.05, 4.69) is 59.8 Å². The summed E-state index contributed by atoms with van der Waals surface area (Å²) in [5.74, 6) is 4.28. The molecule has 3 heteroatoms. The normalized spacial score (nSPS) is 45.3. The Hall–Kier alpha value is -0.850. The van der Waals surface area contributed by atoms with Crippen LogP contribution in [0.15, 0.2) is 12.2 Å². The maximum absolute atomic E-state index is 10.8. The van der Waals surface area contributed by atoms with Crippen molar-refractivity contribution in [2.24, 2.45) is 52.3 Å². The third kappa shape index (κ3) is 6.54. The first-order valence-corrected chi connectivity index (χ1v) is 14.9. The van der Waals surface area contributed by atoms with Gasteiger partial charge in [-0.25, -0.2) is 0 Å². The van der Waals surface area contributed by atoms with Crippen molar-refractivity contribution in [2.45, 2.75) is 125 Å². The van der Waals surface area contributed by atoms with Gasteiger partial charge in [-0.1, -0.05) is 79.4 Å². The van der Waals surface area contributed by atoms with Crippen molar-refractivity contribution in [3.8, 4) is 6.07 Å². The van der Waals surface area contributed by atoms with Gasteiger partial charge >= 0.3 is 0 Å². The van der Waals surface area contributed by atoms with E-state index in [-0.39, 0.29) is 11.5 Å². The third-order valence-corrected chi connectivity index (χ3v) is 11.2. The van der Waals surface area contributed by atoms with E-state index >= 15 is 0 Å². The second-order valence-corrected chi connectivity index (χ2v) is 13.0. The number of unbranched alkanes of at least 4 members (excludes halogenated alkanes) is 1. The minimum Gasteiger partial charge on any atom is -0.400 e. The van der Waals surface area contributed by atoms with Crippen LogP contribution in [0, 0.1) is 63.6 Å². The Morgan fingerprint density at radius 2 is 1.69 bits per heavy atom. The molecule has 202 valence electrons. The fraction of sp³-hybridized carbons (Fsp3) is 0.906. The molecule has 2 saturated carbocycles. The van der Waals surface area contributed by atoms with Gasteiger partial charge in [-0.15, -0.1) is 0 Å². The van der Waals surface area contributed by atoms with Gasteiger partial charge in [-0.2, -0.15) is 5.26 Å². The first kappa shape index (κ1) is 30.4. The SMILES string of the molecule is CCCCC1C(C)C(O)CCC1(C)C1C/C=C/C2C(C)CCCC2(CC#N)CC[C@@H](C)C1C.CO. The Kier molecular flexibility index (Phi) is 11.8. The van der Waals surface area contributed by atoms with Gasteiger partial charge in [0.05, 0.1) is 12.2 Å². The molecule has 0 amide bonds. The summed E-state index contributed by atoms with van der Waals surface area (Å²) >= 11 is 0. The highest BCUT2D eigenvalue weighted by Gasteiger charge is 2.50. The van der Waals surface area contributed by atoms with E-state index in [1.165, 1.54) is 64.2 Å². The highest BCUT2D eigenvalue weighted by Crippen LogP contribution is 2.57. The van der Waals surface area contributed by atoms with Crippen LogP contribution in [0.4, 0.5) is 0 Å². The van der Waals surface area contributed by atoms with Crippen molar-refractivity contribution >= 4 is 0 Å². The third-order valence-electron chi connectivity index (χ3n) is 11.2. The molecule has 10 atom stereocenters. The predicted molar refractivity (Wildman–Crippen MR) is 148 cm³/mol. The lowest BCUT2D eigenvalue weighted by Gasteiger charge is -2.54. The summed E-state index contributed by atoms with van der Waals surface area (Å²) in [4.78, 5) is 0. The molecule has 3 nitrogen and oxygen atoms in total. The minimum atomic E-state index is -0.127. The Bertz CT molecular complexity index is 698. The molecule has 0 saturated heterocycles.